The Kier molecular flexibility index (Phi) is 12.3. The lowest BCUT2D eigenvalue weighted by atomic mass is 9.83. The number of urea groups is 2. The van der Waals surface area contributed by atoms with Crippen molar-refractivity contribution in [2.75, 3.05) is 27.2 Å². The van der Waals surface area contributed by atoms with E-state index in [2.05, 4.69) is 21.3 Å². The first kappa shape index (κ1) is 38.4. The fraction of sp³-hybridized carbons (Fsp3) is 0.316. The summed E-state index contributed by atoms with van der Waals surface area (Å²) in [5, 5.41) is 10.7. The monoisotopic (exact) mass is 752 g/mol. The normalized spacial score (nSPS) is 16.6. The van der Waals surface area contributed by atoms with E-state index < -0.39 is 31.3 Å². The van der Waals surface area contributed by atoms with Gasteiger partial charge in [0.2, 0.25) is 19.7 Å². The van der Waals surface area contributed by atoms with Crippen LogP contribution >= 0.6 is 0 Å². The molecule has 10 nitrogen and oxygen atoms in total. The number of carbonyl (C=O) groups excluding carboxylic acids is 2. The fourth-order valence-electron chi connectivity index (χ4n) is 6.69. The van der Waals surface area contributed by atoms with Crippen LogP contribution in [0.4, 0.5) is 18.4 Å². The van der Waals surface area contributed by atoms with E-state index in [9.17, 15) is 35.2 Å². The Morgan fingerprint density at radius 1 is 0.596 bits per heavy atom. The van der Waals surface area contributed by atoms with Crippen LogP contribution in [-0.2, 0) is 32.5 Å². The number of nitrogens with one attached hydrogen (secondary N) is 4. The molecule has 0 saturated carbocycles. The smallest absolute Gasteiger partial charge is 0.314 e. The highest BCUT2D eigenvalue weighted by Crippen LogP contribution is 2.35. The van der Waals surface area contributed by atoms with Crippen molar-refractivity contribution in [3.05, 3.63) is 119 Å². The van der Waals surface area contributed by atoms with Gasteiger partial charge >= 0.3 is 12.1 Å². The van der Waals surface area contributed by atoms with Crippen molar-refractivity contribution in [1.82, 2.24) is 21.3 Å². The molecule has 276 valence electrons. The molecule has 0 aromatic heterocycles. The zero-order chi connectivity index (χ0) is 37.5. The minimum atomic E-state index is -3.76. The van der Waals surface area contributed by atoms with E-state index in [4.69, 9.17) is 0 Å². The van der Waals surface area contributed by atoms with Crippen LogP contribution in [0.1, 0.15) is 59.8 Å². The van der Waals surface area contributed by atoms with E-state index in [1.807, 2.05) is 12.1 Å². The molecule has 0 spiro atoms. The molecule has 4 aromatic rings. The Bertz CT molecular complexity index is 2010. The van der Waals surface area contributed by atoms with Gasteiger partial charge in [-0.25, -0.2) is 35.2 Å². The van der Waals surface area contributed by atoms with Crippen LogP contribution in [0, 0.1) is 11.6 Å². The molecule has 0 unspecified atom stereocenters. The molecule has 2 aliphatic rings. The van der Waals surface area contributed by atoms with E-state index >= 15 is 0 Å². The molecule has 0 heterocycles. The Morgan fingerprint density at radius 3 is 1.35 bits per heavy atom. The predicted octanol–water partition coefficient (Wildman–Crippen LogP) is 6.01. The summed E-state index contributed by atoms with van der Waals surface area (Å²) in [6.45, 7) is 1.01. The number of sulfone groups is 2. The molecule has 0 fully saturated rings. The zero-order valence-electron chi connectivity index (χ0n) is 28.9. The predicted molar refractivity (Wildman–Crippen MR) is 193 cm³/mol. The first-order chi connectivity index (χ1) is 24.8. The maximum atomic E-state index is 13.4. The molecule has 4 N–H and O–H groups in total. The van der Waals surface area contributed by atoms with Gasteiger partial charge in [-0.15, -0.1) is 0 Å². The maximum Gasteiger partial charge on any atom is 0.314 e. The Balaban J connectivity index is 0.000000201. The number of hydrogen-bond acceptors (Lipinski definition) is 6. The molecule has 14 heteroatoms. The van der Waals surface area contributed by atoms with Crippen LogP contribution in [0.15, 0.2) is 105 Å². The van der Waals surface area contributed by atoms with Gasteiger partial charge in [-0.3, -0.25) is 0 Å². The van der Waals surface area contributed by atoms with E-state index in [0.29, 0.717) is 13.1 Å². The lowest BCUT2D eigenvalue weighted by molar-refractivity contribution is 0.241. The highest BCUT2D eigenvalue weighted by atomic mass is 32.2. The molecule has 0 bridgehead atoms. The molecule has 2 aliphatic carbocycles. The van der Waals surface area contributed by atoms with Crippen molar-refractivity contribution in [3.63, 3.8) is 0 Å². The van der Waals surface area contributed by atoms with Crippen LogP contribution < -0.4 is 21.3 Å². The molecular formula is C38H42F2N4O6S2. The van der Waals surface area contributed by atoms with Crippen molar-refractivity contribution < 1.29 is 35.2 Å². The van der Waals surface area contributed by atoms with Gasteiger partial charge in [0.05, 0.1) is 19.6 Å². The van der Waals surface area contributed by atoms with Gasteiger partial charge in [0.15, 0.2) is 0 Å². The van der Waals surface area contributed by atoms with Gasteiger partial charge in [0.25, 0.3) is 0 Å². The van der Waals surface area contributed by atoms with Crippen molar-refractivity contribution in [3.8, 4) is 0 Å². The van der Waals surface area contributed by atoms with Gasteiger partial charge in [0.1, 0.15) is 11.6 Å². The molecular weight excluding hydrogens is 711 g/mol. The van der Waals surface area contributed by atoms with Crippen LogP contribution in [0.2, 0.25) is 0 Å². The van der Waals surface area contributed by atoms with Gasteiger partial charge in [-0.1, -0.05) is 24.3 Å². The summed E-state index contributed by atoms with van der Waals surface area (Å²) in [5.74, 6) is -0.849. The van der Waals surface area contributed by atoms with Crippen molar-refractivity contribution in [2.45, 2.75) is 69.9 Å². The second-order valence-corrected chi connectivity index (χ2v) is 16.6. The van der Waals surface area contributed by atoms with E-state index in [-0.39, 0.29) is 43.5 Å². The third kappa shape index (κ3) is 8.96. The number of rotatable bonds is 8. The van der Waals surface area contributed by atoms with Crippen LogP contribution in [0.5, 0.6) is 0 Å². The number of amides is 4. The lowest BCUT2D eigenvalue weighted by Gasteiger charge is -2.26. The summed E-state index contributed by atoms with van der Waals surface area (Å²) in [6, 6.07) is 19.7. The Hall–Kier alpha value is -4.82. The van der Waals surface area contributed by atoms with Gasteiger partial charge < -0.3 is 21.3 Å². The van der Waals surface area contributed by atoms with Crippen molar-refractivity contribution >= 4 is 31.7 Å². The molecule has 4 amide bonds. The van der Waals surface area contributed by atoms with Crippen LogP contribution in [-0.4, -0.2) is 56.1 Å². The lowest BCUT2D eigenvalue weighted by Crippen LogP contribution is -2.36. The minimum absolute atomic E-state index is 0.0499. The summed E-state index contributed by atoms with van der Waals surface area (Å²) in [4.78, 5) is 23.0. The third-order valence-electron chi connectivity index (χ3n) is 9.41. The van der Waals surface area contributed by atoms with E-state index in [1.54, 1.807) is 38.4 Å². The highest BCUT2D eigenvalue weighted by molar-refractivity contribution is 7.91. The SMILES string of the molecule is CNC(=O)NC[C@@H]1CCCc2cc(S(=O)(=O)c3cccc(F)c3)ccc21.CNC(=O)NC[C@@H]1CCCc2cc(S(=O)(=O)c3cccc(F)c3)ccc21. The number of halogens is 2. The maximum absolute atomic E-state index is 13.4. The summed E-state index contributed by atoms with van der Waals surface area (Å²) in [5.41, 5.74) is 4.06. The van der Waals surface area contributed by atoms with Crippen molar-refractivity contribution in [2.24, 2.45) is 0 Å². The molecule has 52 heavy (non-hydrogen) atoms. The number of carbonyl (C=O) groups is 2. The van der Waals surface area contributed by atoms with Gasteiger partial charge in [0, 0.05) is 39.0 Å². The highest BCUT2D eigenvalue weighted by Gasteiger charge is 2.26. The van der Waals surface area contributed by atoms with Gasteiger partial charge in [-0.05, 0) is 121 Å². The first-order valence-electron chi connectivity index (χ1n) is 17.0. The standard InChI is InChI=1S/2C19H21FN2O3S/c2*1-21-19(23)22-12-14-5-2-4-13-10-17(8-9-18(13)14)26(24,25)16-7-3-6-15(20)11-16/h2*3,6-11,14H,2,4-5,12H2,1H3,(H2,21,22,23)/t2*14-/m00/s1. The molecule has 0 aliphatic heterocycles. The average Bonchev–Trinajstić information content (AvgIpc) is 3.15. The van der Waals surface area contributed by atoms with Crippen LogP contribution in [0.3, 0.4) is 0 Å². The molecule has 0 saturated heterocycles. The number of benzene rings is 4. The summed E-state index contributed by atoms with van der Waals surface area (Å²) in [7, 11) is -4.40. The quantitative estimate of drug-likeness (QED) is 0.173. The number of fused-ring (bicyclic) bond motifs is 2. The van der Waals surface area contributed by atoms with Gasteiger partial charge in [-0.2, -0.15) is 0 Å². The summed E-state index contributed by atoms with van der Waals surface area (Å²) < 4.78 is 77.9. The largest absolute Gasteiger partial charge is 0.341 e. The van der Waals surface area contributed by atoms with Crippen molar-refractivity contribution in [1.29, 1.82) is 0 Å². The molecule has 0 radical (unpaired) electrons. The Labute approximate surface area is 303 Å². The topological polar surface area (TPSA) is 151 Å². The average molecular weight is 753 g/mol. The molecule has 2 atom stereocenters. The van der Waals surface area contributed by atoms with E-state index in [0.717, 1.165) is 72.9 Å². The Morgan fingerprint density at radius 2 is 0.981 bits per heavy atom. The summed E-state index contributed by atoms with van der Waals surface area (Å²) >= 11 is 0. The second-order valence-electron chi connectivity index (χ2n) is 12.7. The zero-order valence-corrected chi connectivity index (χ0v) is 30.5. The molecule has 4 aromatic carbocycles. The molecule has 6 rings (SSSR count). The number of aryl methyl sites for hydroxylation is 2. The van der Waals surface area contributed by atoms with E-state index in [1.165, 1.54) is 36.4 Å². The van der Waals surface area contributed by atoms with Crippen LogP contribution in [0.25, 0.3) is 0 Å². The third-order valence-corrected chi connectivity index (χ3v) is 12.9. The minimum Gasteiger partial charge on any atom is -0.341 e. The summed E-state index contributed by atoms with van der Waals surface area (Å²) in [6.07, 6.45) is 5.31. The first-order valence-corrected chi connectivity index (χ1v) is 20.0. The second kappa shape index (κ2) is 16.7. The fourth-order valence-corrected chi connectivity index (χ4v) is 9.37. The number of hydrogen-bond donors (Lipinski definition) is 4.